The van der Waals surface area contributed by atoms with Crippen LogP contribution in [-0.4, -0.2) is 11.2 Å². The lowest BCUT2D eigenvalue weighted by Crippen LogP contribution is -1.99. The van der Waals surface area contributed by atoms with E-state index < -0.39 is 0 Å². The Balaban J connectivity index is 1.80. The van der Waals surface area contributed by atoms with Crippen molar-refractivity contribution in [1.82, 2.24) is 4.98 Å². The number of aromatic nitrogens is 1. The molecular weight excluding hydrogens is 304 g/mol. The fourth-order valence-electron chi connectivity index (χ4n) is 2.21. The van der Waals surface area contributed by atoms with Crippen molar-refractivity contribution in [3.63, 3.8) is 0 Å². The summed E-state index contributed by atoms with van der Waals surface area (Å²) >= 11 is 7.92. The van der Waals surface area contributed by atoms with Crippen molar-refractivity contribution < 1.29 is 4.42 Å². The van der Waals surface area contributed by atoms with Crippen molar-refractivity contribution in [2.45, 2.75) is 12.3 Å². The molecule has 0 saturated carbocycles. The van der Waals surface area contributed by atoms with Crippen LogP contribution >= 0.6 is 23.4 Å². The number of rotatable bonds is 5. The fourth-order valence-corrected chi connectivity index (χ4v) is 2.87. The standard InChI is InChI=1S/C16H15ClN2OS/c1-21-10-12-5-4-11(20-12)9-19-15-7-6-14(17)16-13(15)3-2-8-18-16/h2-8,19H,9-10H2,1H3. The van der Waals surface area contributed by atoms with Crippen molar-refractivity contribution in [1.29, 1.82) is 0 Å². The summed E-state index contributed by atoms with van der Waals surface area (Å²) in [6.45, 7) is 0.639. The Kier molecular flexibility index (Phi) is 4.36. The third kappa shape index (κ3) is 3.17. The molecule has 0 radical (unpaired) electrons. The fraction of sp³-hybridized carbons (Fsp3) is 0.188. The van der Waals surface area contributed by atoms with Gasteiger partial charge in [-0.1, -0.05) is 11.6 Å². The predicted molar refractivity (Wildman–Crippen MR) is 90.0 cm³/mol. The highest BCUT2D eigenvalue weighted by molar-refractivity contribution is 7.97. The molecule has 0 bridgehead atoms. The molecule has 5 heteroatoms. The van der Waals surface area contributed by atoms with Gasteiger partial charge in [0.1, 0.15) is 11.5 Å². The Labute approximate surface area is 132 Å². The van der Waals surface area contributed by atoms with Crippen molar-refractivity contribution >= 4 is 40.0 Å². The second-order valence-electron chi connectivity index (χ2n) is 4.65. The first-order chi connectivity index (χ1) is 10.3. The van der Waals surface area contributed by atoms with Crippen LogP contribution in [0.15, 0.2) is 47.0 Å². The van der Waals surface area contributed by atoms with Gasteiger partial charge in [0.2, 0.25) is 0 Å². The van der Waals surface area contributed by atoms with E-state index in [1.165, 1.54) is 0 Å². The number of thioether (sulfide) groups is 1. The minimum atomic E-state index is 0.639. The summed E-state index contributed by atoms with van der Waals surface area (Å²) in [4.78, 5) is 4.33. The van der Waals surface area contributed by atoms with Crippen molar-refractivity contribution in [2.24, 2.45) is 0 Å². The first-order valence-corrected chi connectivity index (χ1v) is 8.39. The molecule has 0 unspecified atom stereocenters. The first kappa shape index (κ1) is 14.3. The number of benzene rings is 1. The van der Waals surface area contributed by atoms with Crippen LogP contribution < -0.4 is 5.32 Å². The van der Waals surface area contributed by atoms with E-state index in [9.17, 15) is 0 Å². The summed E-state index contributed by atoms with van der Waals surface area (Å²) in [6, 6.07) is 11.8. The van der Waals surface area contributed by atoms with E-state index in [-0.39, 0.29) is 0 Å². The van der Waals surface area contributed by atoms with Gasteiger partial charge in [0, 0.05) is 17.3 Å². The minimum absolute atomic E-state index is 0.639. The Morgan fingerprint density at radius 1 is 1.19 bits per heavy atom. The second-order valence-corrected chi connectivity index (χ2v) is 5.92. The molecule has 0 aliphatic rings. The van der Waals surface area contributed by atoms with Gasteiger partial charge in [0.05, 0.1) is 22.8 Å². The highest BCUT2D eigenvalue weighted by Gasteiger charge is 2.06. The molecule has 2 heterocycles. The van der Waals surface area contributed by atoms with Crippen LogP contribution in [0.3, 0.4) is 0 Å². The molecule has 21 heavy (non-hydrogen) atoms. The topological polar surface area (TPSA) is 38.1 Å². The van der Waals surface area contributed by atoms with Crippen molar-refractivity contribution in [2.75, 3.05) is 11.6 Å². The maximum absolute atomic E-state index is 6.17. The Morgan fingerprint density at radius 3 is 2.90 bits per heavy atom. The number of anilines is 1. The molecule has 1 aromatic carbocycles. The number of fused-ring (bicyclic) bond motifs is 1. The predicted octanol–water partition coefficient (Wildman–Crippen LogP) is 4.96. The normalized spacial score (nSPS) is 11.0. The van der Waals surface area contributed by atoms with Crippen LogP contribution in [0.25, 0.3) is 10.9 Å². The molecule has 0 saturated heterocycles. The smallest absolute Gasteiger partial charge is 0.123 e. The molecule has 0 aliphatic carbocycles. The lowest BCUT2D eigenvalue weighted by molar-refractivity contribution is 0.487. The molecule has 0 amide bonds. The number of pyridine rings is 1. The molecule has 0 aliphatic heterocycles. The summed E-state index contributed by atoms with van der Waals surface area (Å²) < 4.78 is 5.76. The van der Waals surface area contributed by atoms with Gasteiger partial charge in [-0.25, -0.2) is 0 Å². The molecule has 3 aromatic rings. The monoisotopic (exact) mass is 318 g/mol. The average molecular weight is 319 g/mol. The molecule has 108 valence electrons. The summed E-state index contributed by atoms with van der Waals surface area (Å²) in [6.07, 6.45) is 3.81. The third-order valence-corrected chi connectivity index (χ3v) is 4.06. The summed E-state index contributed by atoms with van der Waals surface area (Å²) in [5.41, 5.74) is 1.82. The van der Waals surface area contributed by atoms with E-state index in [2.05, 4.69) is 16.6 Å². The average Bonchev–Trinajstić information content (AvgIpc) is 2.95. The van der Waals surface area contributed by atoms with Crippen LogP contribution in [0.2, 0.25) is 5.02 Å². The Bertz CT molecular complexity index is 757. The van der Waals surface area contributed by atoms with E-state index in [0.29, 0.717) is 11.6 Å². The zero-order valence-corrected chi connectivity index (χ0v) is 13.2. The van der Waals surface area contributed by atoms with Gasteiger partial charge >= 0.3 is 0 Å². The minimum Gasteiger partial charge on any atom is -0.463 e. The zero-order valence-electron chi connectivity index (χ0n) is 11.6. The molecule has 0 fully saturated rings. The number of nitrogens with one attached hydrogen (secondary N) is 1. The second kappa shape index (κ2) is 6.41. The van der Waals surface area contributed by atoms with Crippen LogP contribution in [0.1, 0.15) is 11.5 Å². The highest BCUT2D eigenvalue weighted by atomic mass is 35.5. The molecule has 0 atom stereocenters. The lowest BCUT2D eigenvalue weighted by atomic mass is 10.2. The van der Waals surface area contributed by atoms with E-state index in [0.717, 1.165) is 33.9 Å². The van der Waals surface area contributed by atoms with Crippen LogP contribution in [0, 0.1) is 0 Å². The summed E-state index contributed by atoms with van der Waals surface area (Å²) in [5.74, 6) is 2.82. The van der Waals surface area contributed by atoms with Gasteiger partial charge in [0.25, 0.3) is 0 Å². The Hall–Kier alpha value is -1.65. The van der Waals surface area contributed by atoms with Gasteiger partial charge in [-0.15, -0.1) is 0 Å². The highest BCUT2D eigenvalue weighted by Crippen LogP contribution is 2.28. The molecular formula is C16H15ClN2OS. The maximum Gasteiger partial charge on any atom is 0.123 e. The van der Waals surface area contributed by atoms with Gasteiger partial charge in [-0.05, 0) is 42.7 Å². The molecule has 1 N–H and O–H groups in total. The number of halogens is 1. The molecule has 2 aromatic heterocycles. The van der Waals surface area contributed by atoms with Gasteiger partial charge in [0.15, 0.2) is 0 Å². The maximum atomic E-state index is 6.17. The quantitative estimate of drug-likeness (QED) is 0.722. The van der Waals surface area contributed by atoms with Crippen LogP contribution in [0.5, 0.6) is 0 Å². The van der Waals surface area contributed by atoms with Gasteiger partial charge in [-0.2, -0.15) is 11.8 Å². The van der Waals surface area contributed by atoms with Crippen molar-refractivity contribution in [3.05, 3.63) is 59.1 Å². The molecule has 3 nitrogen and oxygen atoms in total. The summed E-state index contributed by atoms with van der Waals surface area (Å²) in [7, 11) is 0. The first-order valence-electron chi connectivity index (χ1n) is 6.61. The van der Waals surface area contributed by atoms with Crippen LogP contribution in [0.4, 0.5) is 5.69 Å². The number of hydrogen-bond donors (Lipinski definition) is 1. The number of hydrogen-bond acceptors (Lipinski definition) is 4. The zero-order chi connectivity index (χ0) is 14.7. The Morgan fingerprint density at radius 2 is 2.05 bits per heavy atom. The van der Waals surface area contributed by atoms with E-state index in [1.54, 1.807) is 18.0 Å². The van der Waals surface area contributed by atoms with Crippen molar-refractivity contribution in [3.8, 4) is 0 Å². The summed E-state index contributed by atoms with van der Waals surface area (Å²) in [5, 5.41) is 5.07. The lowest BCUT2D eigenvalue weighted by Gasteiger charge is -2.09. The largest absolute Gasteiger partial charge is 0.463 e. The number of furan rings is 1. The van der Waals surface area contributed by atoms with Gasteiger partial charge in [-0.3, -0.25) is 4.98 Å². The molecule has 3 rings (SSSR count). The number of nitrogens with zero attached hydrogens (tertiary/aromatic N) is 1. The molecule has 0 spiro atoms. The van der Waals surface area contributed by atoms with E-state index in [4.69, 9.17) is 16.0 Å². The third-order valence-electron chi connectivity index (χ3n) is 3.18. The van der Waals surface area contributed by atoms with Crippen LogP contribution in [-0.2, 0) is 12.3 Å². The van der Waals surface area contributed by atoms with E-state index in [1.807, 2.05) is 36.4 Å². The van der Waals surface area contributed by atoms with E-state index >= 15 is 0 Å². The SMILES string of the molecule is CSCc1ccc(CNc2ccc(Cl)c3ncccc23)o1. The van der Waals surface area contributed by atoms with Gasteiger partial charge < -0.3 is 9.73 Å².